The van der Waals surface area contributed by atoms with E-state index in [1.807, 2.05) is 32.0 Å². The Morgan fingerprint density at radius 2 is 2.00 bits per heavy atom. The highest BCUT2D eigenvalue weighted by molar-refractivity contribution is 5.74. The normalized spacial score (nSPS) is 11.9. The van der Waals surface area contributed by atoms with E-state index in [1.165, 1.54) is 0 Å². The minimum atomic E-state index is -0.657. The van der Waals surface area contributed by atoms with Gasteiger partial charge in [0.25, 0.3) is 0 Å². The van der Waals surface area contributed by atoms with Crippen molar-refractivity contribution >= 4 is 12.4 Å². The van der Waals surface area contributed by atoms with Crippen LogP contribution >= 0.6 is 0 Å². The van der Waals surface area contributed by atoms with Gasteiger partial charge in [0, 0.05) is 0 Å². The molecule has 0 saturated heterocycles. The molecule has 0 aliphatic rings. The monoisotopic (exact) mass is 235 g/mol. The van der Waals surface area contributed by atoms with Crippen LogP contribution in [0, 0.1) is 5.92 Å². The second-order valence-corrected chi connectivity index (χ2v) is 4.16. The zero-order valence-corrected chi connectivity index (χ0v) is 10.1. The Bertz CT molecular complexity index is 362. The van der Waals surface area contributed by atoms with Gasteiger partial charge in [0.05, 0.1) is 6.61 Å². The third kappa shape index (κ3) is 4.68. The maximum absolute atomic E-state index is 11.4. The highest BCUT2D eigenvalue weighted by Crippen LogP contribution is 2.09. The smallest absolute Gasteiger partial charge is 0.407 e. The predicted octanol–water partition coefficient (Wildman–Crippen LogP) is 2.31. The van der Waals surface area contributed by atoms with Crippen molar-refractivity contribution in [2.45, 2.75) is 19.9 Å². The topological polar surface area (TPSA) is 55.4 Å². The third-order valence-corrected chi connectivity index (χ3v) is 2.12. The lowest BCUT2D eigenvalue weighted by Gasteiger charge is -2.14. The van der Waals surface area contributed by atoms with Crippen molar-refractivity contribution in [3.8, 4) is 0 Å². The van der Waals surface area contributed by atoms with Gasteiger partial charge >= 0.3 is 6.09 Å². The Kier molecular flexibility index (Phi) is 5.20. The van der Waals surface area contributed by atoms with Gasteiger partial charge < -0.3 is 14.8 Å². The van der Waals surface area contributed by atoms with Crippen LogP contribution in [0.5, 0.6) is 0 Å². The number of benzene rings is 1. The van der Waals surface area contributed by atoms with E-state index in [9.17, 15) is 9.59 Å². The molecule has 0 fully saturated rings. The van der Waals surface area contributed by atoms with Crippen molar-refractivity contribution < 1.29 is 14.3 Å². The number of carbonyl (C=O) groups is 2. The average Bonchev–Trinajstić information content (AvgIpc) is 2.34. The lowest BCUT2D eigenvalue weighted by molar-refractivity contribution is -0.109. The second kappa shape index (κ2) is 6.68. The van der Waals surface area contributed by atoms with Crippen LogP contribution in [0.2, 0.25) is 0 Å². The van der Waals surface area contributed by atoms with E-state index in [2.05, 4.69) is 5.32 Å². The standard InChI is InChI=1S/C13H17NO3/c1-10(2)9-17-13(16)14-12(8-15)11-6-4-3-5-7-11/h3-8,10,12H,9H2,1-2H3,(H,14,16)/t12-/m0/s1. The Morgan fingerprint density at radius 3 is 2.53 bits per heavy atom. The first-order valence-corrected chi connectivity index (χ1v) is 5.57. The van der Waals surface area contributed by atoms with Gasteiger partial charge in [-0.2, -0.15) is 0 Å². The van der Waals surface area contributed by atoms with Crippen molar-refractivity contribution in [2.24, 2.45) is 5.92 Å². The number of nitrogens with one attached hydrogen (secondary N) is 1. The quantitative estimate of drug-likeness (QED) is 0.797. The van der Waals surface area contributed by atoms with Crippen LogP contribution in [0.4, 0.5) is 4.79 Å². The Morgan fingerprint density at radius 1 is 1.35 bits per heavy atom. The number of amides is 1. The van der Waals surface area contributed by atoms with E-state index < -0.39 is 12.1 Å². The molecule has 1 atom stereocenters. The highest BCUT2D eigenvalue weighted by atomic mass is 16.5. The van der Waals surface area contributed by atoms with Crippen LogP contribution in [0.3, 0.4) is 0 Å². The minimum Gasteiger partial charge on any atom is -0.449 e. The number of aldehydes is 1. The molecule has 0 heterocycles. The molecule has 0 radical (unpaired) electrons. The molecule has 4 nitrogen and oxygen atoms in total. The number of rotatable bonds is 5. The molecule has 0 unspecified atom stereocenters. The molecule has 17 heavy (non-hydrogen) atoms. The summed E-state index contributed by atoms with van der Waals surface area (Å²) < 4.78 is 4.95. The summed E-state index contributed by atoms with van der Waals surface area (Å²) in [5.41, 5.74) is 0.740. The number of alkyl carbamates (subject to hydrolysis) is 1. The van der Waals surface area contributed by atoms with Gasteiger partial charge in [-0.3, -0.25) is 0 Å². The summed E-state index contributed by atoms with van der Waals surface area (Å²) in [6.45, 7) is 4.23. The Labute approximate surface area is 101 Å². The van der Waals surface area contributed by atoms with Gasteiger partial charge in [0.15, 0.2) is 0 Å². The fraction of sp³-hybridized carbons (Fsp3) is 0.385. The van der Waals surface area contributed by atoms with Gasteiger partial charge in [-0.1, -0.05) is 44.2 Å². The lowest BCUT2D eigenvalue weighted by Crippen LogP contribution is -2.30. The van der Waals surface area contributed by atoms with Gasteiger partial charge in [-0.05, 0) is 11.5 Å². The second-order valence-electron chi connectivity index (χ2n) is 4.16. The Hall–Kier alpha value is -1.84. The van der Waals surface area contributed by atoms with Crippen LogP contribution in [-0.4, -0.2) is 19.0 Å². The van der Waals surface area contributed by atoms with Gasteiger partial charge in [0.1, 0.15) is 12.3 Å². The predicted molar refractivity (Wildman–Crippen MR) is 64.6 cm³/mol. The summed E-state index contributed by atoms with van der Waals surface area (Å²) in [5.74, 6) is 0.271. The van der Waals surface area contributed by atoms with E-state index in [0.29, 0.717) is 12.9 Å². The molecule has 0 aliphatic carbocycles. The van der Waals surface area contributed by atoms with E-state index in [0.717, 1.165) is 5.56 Å². The molecule has 0 bridgehead atoms. The molecule has 0 aromatic heterocycles. The summed E-state index contributed by atoms with van der Waals surface area (Å²) in [6.07, 6.45) is 0.117. The zero-order chi connectivity index (χ0) is 12.7. The molecule has 0 aliphatic heterocycles. The summed E-state index contributed by atoms with van der Waals surface area (Å²) in [4.78, 5) is 22.3. The Balaban J connectivity index is 2.53. The van der Waals surface area contributed by atoms with Crippen molar-refractivity contribution in [2.75, 3.05) is 6.61 Å². The maximum Gasteiger partial charge on any atom is 0.407 e. The number of hydrogen-bond donors (Lipinski definition) is 1. The summed E-state index contributed by atoms with van der Waals surface area (Å²) in [6, 6.07) is 8.38. The molecular formula is C13H17NO3. The molecule has 4 heteroatoms. The van der Waals surface area contributed by atoms with Crippen molar-refractivity contribution in [1.82, 2.24) is 5.32 Å². The van der Waals surface area contributed by atoms with Crippen molar-refractivity contribution in [3.63, 3.8) is 0 Å². The van der Waals surface area contributed by atoms with Crippen molar-refractivity contribution in [3.05, 3.63) is 35.9 Å². The molecule has 0 saturated carbocycles. The van der Waals surface area contributed by atoms with Crippen molar-refractivity contribution in [1.29, 1.82) is 0 Å². The van der Waals surface area contributed by atoms with Crippen LogP contribution in [0.15, 0.2) is 30.3 Å². The average molecular weight is 235 g/mol. The first kappa shape index (κ1) is 13.2. The zero-order valence-electron chi connectivity index (χ0n) is 10.1. The molecule has 1 N–H and O–H groups in total. The van der Waals surface area contributed by atoms with Crippen LogP contribution in [0.25, 0.3) is 0 Å². The molecule has 1 rings (SSSR count). The number of carbonyl (C=O) groups excluding carboxylic acids is 2. The molecule has 1 aromatic rings. The number of ether oxygens (including phenoxy) is 1. The first-order chi connectivity index (χ1) is 8.13. The van der Waals surface area contributed by atoms with Gasteiger partial charge in [-0.15, -0.1) is 0 Å². The maximum atomic E-state index is 11.4. The lowest BCUT2D eigenvalue weighted by atomic mass is 10.1. The third-order valence-electron chi connectivity index (χ3n) is 2.12. The molecule has 1 aromatic carbocycles. The molecule has 0 spiro atoms. The van der Waals surface area contributed by atoms with E-state index in [1.54, 1.807) is 12.1 Å². The van der Waals surface area contributed by atoms with Crippen LogP contribution < -0.4 is 5.32 Å². The number of hydrogen-bond acceptors (Lipinski definition) is 3. The minimum absolute atomic E-state index is 0.271. The summed E-state index contributed by atoms with van der Waals surface area (Å²) in [5, 5.41) is 2.51. The van der Waals surface area contributed by atoms with Crippen LogP contribution in [0.1, 0.15) is 25.5 Å². The van der Waals surface area contributed by atoms with Crippen LogP contribution in [-0.2, 0) is 9.53 Å². The van der Waals surface area contributed by atoms with Gasteiger partial charge in [-0.25, -0.2) is 4.79 Å². The van der Waals surface area contributed by atoms with Gasteiger partial charge in [0.2, 0.25) is 0 Å². The fourth-order valence-electron chi connectivity index (χ4n) is 1.27. The largest absolute Gasteiger partial charge is 0.449 e. The highest BCUT2D eigenvalue weighted by Gasteiger charge is 2.14. The molecular weight excluding hydrogens is 218 g/mol. The first-order valence-electron chi connectivity index (χ1n) is 5.57. The van der Waals surface area contributed by atoms with E-state index >= 15 is 0 Å². The fourth-order valence-corrected chi connectivity index (χ4v) is 1.27. The molecule has 92 valence electrons. The summed E-state index contributed by atoms with van der Waals surface area (Å²) in [7, 11) is 0. The summed E-state index contributed by atoms with van der Waals surface area (Å²) >= 11 is 0. The van der Waals surface area contributed by atoms with E-state index in [4.69, 9.17) is 4.74 Å². The molecule has 1 amide bonds. The van der Waals surface area contributed by atoms with E-state index in [-0.39, 0.29) is 5.92 Å². The SMILES string of the molecule is CC(C)COC(=O)N[C@@H](C=O)c1ccccc1.